The smallest absolute Gasteiger partial charge is 0.129 e. The van der Waals surface area contributed by atoms with Gasteiger partial charge in [0, 0.05) is 17.9 Å². The first-order chi connectivity index (χ1) is 10.6. The third-order valence-corrected chi connectivity index (χ3v) is 6.58. The van der Waals surface area contributed by atoms with Crippen molar-refractivity contribution in [3.8, 4) is 0 Å². The van der Waals surface area contributed by atoms with Crippen LogP contribution in [0.4, 0.5) is 0 Å². The zero-order valence-corrected chi connectivity index (χ0v) is 16.9. The molecule has 0 aliphatic carbocycles. The van der Waals surface area contributed by atoms with Crippen LogP contribution in [0.2, 0.25) is 5.02 Å². The van der Waals surface area contributed by atoms with Crippen molar-refractivity contribution in [2.24, 2.45) is 0 Å². The lowest BCUT2D eigenvalue weighted by atomic mass is 10.0. The van der Waals surface area contributed by atoms with Crippen molar-refractivity contribution in [2.75, 3.05) is 11.9 Å². The van der Waals surface area contributed by atoms with Crippen molar-refractivity contribution in [2.45, 2.75) is 63.8 Å². The average Bonchev–Trinajstić information content (AvgIpc) is 2.55. The van der Waals surface area contributed by atoms with Crippen molar-refractivity contribution in [3.05, 3.63) is 28.8 Å². The summed E-state index contributed by atoms with van der Waals surface area (Å²) in [6, 6.07) is 6.14. The number of benzene rings is 1. The fourth-order valence-corrected chi connectivity index (χ4v) is 5.08. The summed E-state index contributed by atoms with van der Waals surface area (Å²) in [5.41, 5.74) is 1.01. The monoisotopic (exact) mass is 407 g/mol. The molecule has 2 nitrogen and oxygen atoms in total. The van der Waals surface area contributed by atoms with Crippen molar-refractivity contribution in [1.82, 2.24) is 4.31 Å². The highest BCUT2D eigenvalue weighted by Crippen LogP contribution is 2.30. The molecule has 0 radical (unpaired) electrons. The highest BCUT2D eigenvalue weighted by atomic mass is 79.9. The third-order valence-electron chi connectivity index (χ3n) is 3.80. The molecule has 0 bridgehead atoms. The van der Waals surface area contributed by atoms with Crippen LogP contribution >= 0.6 is 27.5 Å². The lowest BCUT2D eigenvalue weighted by molar-refractivity contribution is 0.251. The van der Waals surface area contributed by atoms with Crippen molar-refractivity contribution in [1.29, 1.82) is 0 Å². The van der Waals surface area contributed by atoms with E-state index in [1.807, 2.05) is 39.0 Å². The zero-order valence-electron chi connectivity index (χ0n) is 13.8. The van der Waals surface area contributed by atoms with Crippen molar-refractivity contribution >= 4 is 38.5 Å². The molecular formula is C17H27BrClNOS. The van der Waals surface area contributed by atoms with E-state index in [0.29, 0.717) is 11.1 Å². The Hall–Kier alpha value is 0.1000. The summed E-state index contributed by atoms with van der Waals surface area (Å²) >= 11 is 9.75. The Morgan fingerprint density at radius 2 is 2.09 bits per heavy atom. The Morgan fingerprint density at radius 3 is 2.73 bits per heavy atom. The summed E-state index contributed by atoms with van der Waals surface area (Å²) in [4.78, 5) is 0.792. The number of halogens is 2. The molecule has 0 amide bonds. The zero-order chi connectivity index (χ0) is 16.5. The lowest BCUT2D eigenvalue weighted by Crippen LogP contribution is -2.41. The van der Waals surface area contributed by atoms with Gasteiger partial charge in [0.1, 0.15) is 11.0 Å². The Bertz CT molecular complexity index is 463. The van der Waals surface area contributed by atoms with Crippen LogP contribution in [0.3, 0.4) is 0 Å². The summed E-state index contributed by atoms with van der Waals surface area (Å²) in [5.74, 6) is 0. The number of nitrogens with zero attached hydrogens (tertiary/aromatic N) is 1. The van der Waals surface area contributed by atoms with E-state index < -0.39 is 11.0 Å². The van der Waals surface area contributed by atoms with Crippen LogP contribution in [0.5, 0.6) is 0 Å². The van der Waals surface area contributed by atoms with E-state index in [1.54, 1.807) is 0 Å². The Kier molecular flexibility index (Phi) is 9.89. The van der Waals surface area contributed by atoms with Gasteiger partial charge in [-0.3, -0.25) is 0 Å². The quantitative estimate of drug-likeness (QED) is 0.570. The van der Waals surface area contributed by atoms with Gasteiger partial charge >= 0.3 is 0 Å². The fraction of sp³-hybridized carbons (Fsp3) is 0.647. The van der Waals surface area contributed by atoms with Gasteiger partial charge in [0.2, 0.25) is 0 Å². The molecule has 1 saturated heterocycles. The predicted octanol–water partition coefficient (Wildman–Crippen LogP) is 5.73. The van der Waals surface area contributed by atoms with E-state index in [2.05, 4.69) is 20.2 Å². The summed E-state index contributed by atoms with van der Waals surface area (Å²) < 4.78 is 15.1. The van der Waals surface area contributed by atoms with Crippen LogP contribution in [0.15, 0.2) is 23.1 Å². The lowest BCUT2D eigenvalue weighted by Gasteiger charge is -2.34. The Balaban J connectivity index is 0.00000116. The van der Waals surface area contributed by atoms with Crippen LogP contribution in [-0.2, 0) is 11.0 Å². The van der Waals surface area contributed by atoms with Crippen molar-refractivity contribution < 1.29 is 4.21 Å². The number of hydrogen-bond acceptors (Lipinski definition) is 1. The molecule has 0 N–H and O–H groups in total. The second-order valence-electron chi connectivity index (χ2n) is 5.26. The molecule has 0 spiro atoms. The highest BCUT2D eigenvalue weighted by Gasteiger charge is 2.28. The maximum atomic E-state index is 13.0. The van der Waals surface area contributed by atoms with Crippen molar-refractivity contribution in [3.63, 3.8) is 0 Å². The Morgan fingerprint density at radius 1 is 1.36 bits per heavy atom. The molecule has 1 heterocycles. The molecule has 2 rings (SSSR count). The van der Waals surface area contributed by atoms with E-state index in [0.717, 1.165) is 48.0 Å². The van der Waals surface area contributed by atoms with E-state index in [-0.39, 0.29) is 0 Å². The van der Waals surface area contributed by atoms with Gasteiger partial charge in [-0.25, -0.2) is 8.51 Å². The first kappa shape index (κ1) is 20.1. The van der Waals surface area contributed by atoms with E-state index >= 15 is 0 Å². The second kappa shape index (κ2) is 10.8. The maximum absolute atomic E-state index is 13.0. The first-order valence-electron chi connectivity index (χ1n) is 8.14. The summed E-state index contributed by atoms with van der Waals surface area (Å²) in [5, 5.41) is 1.63. The number of hydrogen-bond donors (Lipinski definition) is 0. The molecule has 1 fully saturated rings. The molecular weight excluding hydrogens is 382 g/mol. The van der Waals surface area contributed by atoms with E-state index in [9.17, 15) is 4.21 Å². The fourth-order valence-electron chi connectivity index (χ4n) is 2.75. The van der Waals surface area contributed by atoms with Crippen LogP contribution < -0.4 is 0 Å². The second-order valence-corrected chi connectivity index (χ2v) is 7.83. The molecule has 1 aliphatic rings. The molecule has 22 heavy (non-hydrogen) atoms. The maximum Gasteiger partial charge on any atom is 0.129 e. The van der Waals surface area contributed by atoms with E-state index in [1.165, 1.54) is 6.42 Å². The van der Waals surface area contributed by atoms with E-state index in [4.69, 9.17) is 11.6 Å². The molecule has 1 aliphatic heterocycles. The molecule has 1 aromatic carbocycles. The standard InChI is InChI=1S/C15H21BrClNOS.C2H6/c1-12-6-4-9-14(17)15(12)20(19)18-11-3-2-7-13(18)8-5-10-16;1-2/h4,6,9,13H,2-3,5,7-8,10-11H2,1H3;1-2H3. The van der Waals surface area contributed by atoms with Gasteiger partial charge in [-0.15, -0.1) is 0 Å². The van der Waals surface area contributed by atoms with Crippen LogP contribution in [0.1, 0.15) is 51.5 Å². The third kappa shape index (κ3) is 5.33. The molecule has 126 valence electrons. The minimum atomic E-state index is -1.14. The molecule has 0 saturated carbocycles. The minimum absolute atomic E-state index is 0.415. The molecule has 5 heteroatoms. The SMILES string of the molecule is CC.Cc1cccc(Cl)c1S(=O)N1CCCCC1CCCBr. The number of rotatable bonds is 5. The van der Waals surface area contributed by atoms with Crippen LogP contribution in [0.25, 0.3) is 0 Å². The van der Waals surface area contributed by atoms with Gasteiger partial charge in [-0.2, -0.15) is 0 Å². The van der Waals surface area contributed by atoms with Crippen LogP contribution in [-0.4, -0.2) is 26.4 Å². The first-order valence-corrected chi connectivity index (χ1v) is 10.8. The van der Waals surface area contributed by atoms with Gasteiger partial charge in [0.25, 0.3) is 0 Å². The summed E-state index contributed by atoms with van der Waals surface area (Å²) in [7, 11) is -1.14. The summed E-state index contributed by atoms with van der Waals surface area (Å²) in [6.45, 7) is 6.89. The largest absolute Gasteiger partial charge is 0.237 e. The Labute approximate surface area is 151 Å². The molecule has 1 aromatic rings. The van der Waals surface area contributed by atoms with Gasteiger partial charge in [0.05, 0.1) is 9.92 Å². The van der Waals surface area contributed by atoms with Crippen LogP contribution in [0, 0.1) is 6.92 Å². The topological polar surface area (TPSA) is 20.3 Å². The average molecular weight is 409 g/mol. The van der Waals surface area contributed by atoms with Gasteiger partial charge in [0.15, 0.2) is 0 Å². The van der Waals surface area contributed by atoms with Gasteiger partial charge < -0.3 is 0 Å². The number of aryl methyl sites for hydroxylation is 1. The molecule has 2 unspecified atom stereocenters. The molecule has 0 aromatic heterocycles. The van der Waals surface area contributed by atoms with Gasteiger partial charge in [-0.05, 0) is 44.2 Å². The highest BCUT2D eigenvalue weighted by molar-refractivity contribution is 9.09. The summed E-state index contributed by atoms with van der Waals surface area (Å²) in [6.07, 6.45) is 5.73. The number of alkyl halides is 1. The molecule has 2 atom stereocenters. The predicted molar refractivity (Wildman–Crippen MR) is 101 cm³/mol. The van der Waals surface area contributed by atoms with Gasteiger partial charge in [-0.1, -0.05) is 59.9 Å². The minimum Gasteiger partial charge on any atom is -0.237 e. The normalized spacial score (nSPS) is 20.1. The number of piperidine rings is 1.